The van der Waals surface area contributed by atoms with Crippen LogP contribution in [-0.4, -0.2) is 36.5 Å². The molecule has 0 aliphatic carbocycles. The summed E-state index contributed by atoms with van der Waals surface area (Å²) in [4.78, 5) is 12.7. The van der Waals surface area contributed by atoms with E-state index in [-0.39, 0.29) is 6.42 Å². The molecule has 0 fully saturated rings. The highest BCUT2D eigenvalue weighted by molar-refractivity contribution is 5.77. The van der Waals surface area contributed by atoms with Crippen molar-refractivity contribution in [2.45, 2.75) is 91.7 Å². The molecule has 0 bridgehead atoms. The number of rotatable bonds is 10. The molecule has 1 unspecified atom stereocenters. The summed E-state index contributed by atoms with van der Waals surface area (Å²) in [6.07, 6.45) is -5.94. The smallest absolute Gasteiger partial charge is 0.459 e. The number of alkyl halides is 9. The number of halogens is 9. The van der Waals surface area contributed by atoms with Gasteiger partial charge in [0.25, 0.3) is 0 Å². The maximum absolute atomic E-state index is 13.8. The molecule has 0 aromatic heterocycles. The van der Waals surface area contributed by atoms with Crippen molar-refractivity contribution in [3.63, 3.8) is 0 Å². The molecule has 0 amide bonds. The van der Waals surface area contributed by atoms with Crippen molar-refractivity contribution in [2.75, 3.05) is 6.61 Å². The molecular formula is C19H29F9O2. The van der Waals surface area contributed by atoms with E-state index in [4.69, 9.17) is 0 Å². The predicted octanol–water partition coefficient (Wildman–Crippen LogP) is 7.27. The Balaban J connectivity index is 5.89. The number of hydrogen-bond donors (Lipinski definition) is 0. The van der Waals surface area contributed by atoms with E-state index in [1.54, 1.807) is 41.5 Å². The summed E-state index contributed by atoms with van der Waals surface area (Å²) >= 11 is 0. The first-order valence-corrected chi connectivity index (χ1v) is 9.33. The van der Waals surface area contributed by atoms with Gasteiger partial charge in [-0.25, -0.2) is 0 Å². The van der Waals surface area contributed by atoms with Crippen LogP contribution in [0.1, 0.15) is 67.7 Å². The fourth-order valence-electron chi connectivity index (χ4n) is 2.87. The second kappa shape index (κ2) is 8.41. The molecule has 0 aromatic carbocycles. The third-order valence-electron chi connectivity index (χ3n) is 6.21. The predicted molar refractivity (Wildman–Crippen MR) is 92.7 cm³/mol. The monoisotopic (exact) mass is 460 g/mol. The number of esters is 1. The fourth-order valence-corrected chi connectivity index (χ4v) is 2.87. The van der Waals surface area contributed by atoms with Crippen LogP contribution in [0.15, 0.2) is 0 Å². The summed E-state index contributed by atoms with van der Waals surface area (Å²) in [5, 5.41) is 0. The van der Waals surface area contributed by atoms with Gasteiger partial charge in [-0.1, -0.05) is 48.0 Å². The largest absolute Gasteiger partial charge is 0.460 e. The van der Waals surface area contributed by atoms with Crippen molar-refractivity contribution in [3.8, 4) is 0 Å². The minimum absolute atomic E-state index is 0.0802. The maximum Gasteiger partial charge on any atom is 0.460 e. The van der Waals surface area contributed by atoms with Crippen LogP contribution >= 0.6 is 0 Å². The minimum atomic E-state index is -7.02. The molecule has 0 saturated carbocycles. The second-order valence-electron chi connectivity index (χ2n) is 9.19. The Morgan fingerprint density at radius 3 is 1.50 bits per heavy atom. The van der Waals surface area contributed by atoms with Gasteiger partial charge in [0.1, 0.15) is 0 Å². The van der Waals surface area contributed by atoms with Gasteiger partial charge in [-0.2, -0.15) is 39.5 Å². The van der Waals surface area contributed by atoms with Crippen LogP contribution in [0.4, 0.5) is 39.5 Å². The van der Waals surface area contributed by atoms with Crippen LogP contribution in [0.5, 0.6) is 0 Å². The standard InChI is InChI=1S/C19H29F9O2/c1-8-13(3,4)10-15(7,14(5,6)9-2)12(29)30-11-16(20,21)17(22,23)18(24,25)19(26,27)28/h8-11H2,1-7H3. The summed E-state index contributed by atoms with van der Waals surface area (Å²) in [7, 11) is 0. The minimum Gasteiger partial charge on any atom is -0.459 e. The van der Waals surface area contributed by atoms with Gasteiger partial charge in [-0.3, -0.25) is 4.79 Å². The molecule has 2 nitrogen and oxygen atoms in total. The molecule has 11 heteroatoms. The summed E-state index contributed by atoms with van der Waals surface area (Å²) in [5.41, 5.74) is -2.89. The average Bonchev–Trinajstić information content (AvgIpc) is 2.57. The molecule has 0 aromatic rings. The first-order chi connectivity index (χ1) is 13.0. The van der Waals surface area contributed by atoms with Gasteiger partial charge < -0.3 is 4.74 Å². The first-order valence-electron chi connectivity index (χ1n) is 9.33. The Morgan fingerprint density at radius 1 is 0.733 bits per heavy atom. The van der Waals surface area contributed by atoms with Crippen molar-refractivity contribution in [3.05, 3.63) is 0 Å². The number of carbonyl (C=O) groups excluding carboxylic acids is 1. The summed E-state index contributed by atoms with van der Waals surface area (Å²) in [6, 6.07) is 0. The van der Waals surface area contributed by atoms with E-state index in [1.165, 1.54) is 6.92 Å². The van der Waals surface area contributed by atoms with Crippen LogP contribution in [0.2, 0.25) is 0 Å². The number of hydrogen-bond acceptors (Lipinski definition) is 2. The highest BCUT2D eigenvalue weighted by atomic mass is 19.4. The van der Waals surface area contributed by atoms with Crippen molar-refractivity contribution in [2.24, 2.45) is 16.2 Å². The van der Waals surface area contributed by atoms with Gasteiger partial charge in [0.2, 0.25) is 0 Å². The van der Waals surface area contributed by atoms with Crippen molar-refractivity contribution in [1.29, 1.82) is 0 Å². The van der Waals surface area contributed by atoms with E-state index in [2.05, 4.69) is 4.74 Å². The zero-order chi connectivity index (χ0) is 24.6. The lowest BCUT2D eigenvalue weighted by Crippen LogP contribution is -2.62. The van der Waals surface area contributed by atoms with Crippen LogP contribution in [-0.2, 0) is 9.53 Å². The Bertz CT molecular complexity index is 610. The zero-order valence-corrected chi connectivity index (χ0v) is 18.0. The van der Waals surface area contributed by atoms with E-state index in [0.29, 0.717) is 12.8 Å². The normalized spacial score (nSPS) is 16.9. The Morgan fingerprint density at radius 2 is 1.17 bits per heavy atom. The van der Waals surface area contributed by atoms with Crippen molar-refractivity contribution >= 4 is 5.97 Å². The second-order valence-corrected chi connectivity index (χ2v) is 9.19. The van der Waals surface area contributed by atoms with Gasteiger partial charge >= 0.3 is 29.9 Å². The molecule has 180 valence electrons. The van der Waals surface area contributed by atoms with Crippen LogP contribution in [0, 0.1) is 16.2 Å². The van der Waals surface area contributed by atoms with Gasteiger partial charge in [0, 0.05) is 0 Å². The molecule has 0 heterocycles. The maximum atomic E-state index is 13.8. The molecule has 0 radical (unpaired) electrons. The Hall–Kier alpha value is -1.16. The summed E-state index contributed by atoms with van der Waals surface area (Å²) < 4.78 is 121. The van der Waals surface area contributed by atoms with Crippen LogP contribution in [0.3, 0.4) is 0 Å². The van der Waals surface area contributed by atoms with E-state index in [1.807, 2.05) is 0 Å². The molecule has 0 rings (SSSR count). The van der Waals surface area contributed by atoms with Crippen molar-refractivity contribution < 1.29 is 49.0 Å². The molecule has 30 heavy (non-hydrogen) atoms. The molecule has 0 aliphatic rings. The van der Waals surface area contributed by atoms with Gasteiger partial charge in [0.15, 0.2) is 6.61 Å². The van der Waals surface area contributed by atoms with E-state index >= 15 is 0 Å². The third kappa shape index (κ3) is 5.18. The lowest BCUT2D eigenvalue weighted by Gasteiger charge is -2.46. The quantitative estimate of drug-likeness (QED) is 0.253. The lowest BCUT2D eigenvalue weighted by atomic mass is 9.58. The Kier molecular flexibility index (Phi) is 8.08. The SMILES string of the molecule is CCC(C)(C)CC(C)(C(=O)OCC(F)(F)C(F)(F)C(F)(F)C(F)(F)F)C(C)(C)CC. The van der Waals surface area contributed by atoms with Gasteiger partial charge in [-0.05, 0) is 30.6 Å². The van der Waals surface area contributed by atoms with Crippen molar-refractivity contribution in [1.82, 2.24) is 0 Å². The molecule has 0 aliphatic heterocycles. The first kappa shape index (κ1) is 28.8. The fraction of sp³-hybridized carbons (Fsp3) is 0.947. The molecule has 1 atom stereocenters. The third-order valence-corrected chi connectivity index (χ3v) is 6.21. The lowest BCUT2D eigenvalue weighted by molar-refractivity contribution is -0.399. The van der Waals surface area contributed by atoms with E-state index in [9.17, 15) is 44.3 Å². The van der Waals surface area contributed by atoms with E-state index in [0.717, 1.165) is 0 Å². The van der Waals surface area contributed by atoms with Gasteiger partial charge in [0.05, 0.1) is 5.41 Å². The number of carbonyl (C=O) groups is 1. The van der Waals surface area contributed by atoms with Gasteiger partial charge in [-0.15, -0.1) is 0 Å². The molecule has 0 saturated heterocycles. The summed E-state index contributed by atoms with van der Waals surface area (Å²) in [6.45, 7) is 9.03. The molecular weight excluding hydrogens is 431 g/mol. The average molecular weight is 460 g/mol. The van der Waals surface area contributed by atoms with E-state index < -0.39 is 52.8 Å². The number of ether oxygens (including phenoxy) is 1. The Labute approximate surface area is 170 Å². The zero-order valence-electron chi connectivity index (χ0n) is 18.0. The highest BCUT2D eigenvalue weighted by Crippen LogP contribution is 2.54. The molecule has 0 spiro atoms. The summed E-state index contributed by atoms with van der Waals surface area (Å²) in [5.74, 6) is -21.2. The van der Waals surface area contributed by atoms with Crippen LogP contribution < -0.4 is 0 Å². The highest BCUT2D eigenvalue weighted by Gasteiger charge is 2.82. The molecule has 0 N–H and O–H groups in total. The topological polar surface area (TPSA) is 26.3 Å². The van der Waals surface area contributed by atoms with Crippen LogP contribution in [0.25, 0.3) is 0 Å².